The topological polar surface area (TPSA) is 83.5 Å². The van der Waals surface area contributed by atoms with Crippen molar-refractivity contribution in [3.05, 3.63) is 0 Å². The summed E-state index contributed by atoms with van der Waals surface area (Å²) < 4.78 is 29.4. The Balaban J connectivity index is 4.94. The van der Waals surface area contributed by atoms with Crippen molar-refractivity contribution in [3.63, 3.8) is 0 Å². The molecule has 0 bridgehead atoms. The third-order valence-corrected chi connectivity index (χ3v) is 10.3. The van der Waals surface area contributed by atoms with E-state index in [9.17, 15) is 9.59 Å². The molecule has 0 aliphatic carbocycles. The average molecular weight is 728 g/mol. The van der Waals surface area contributed by atoms with Gasteiger partial charge in [0.1, 0.15) is 6.10 Å². The molecule has 304 valence electrons. The number of ether oxygens (including phenoxy) is 5. The maximum Gasteiger partial charge on any atom is 0.508 e. The van der Waals surface area contributed by atoms with E-state index in [0.29, 0.717) is 44.5 Å². The second-order valence-corrected chi connectivity index (χ2v) is 14.7. The fourth-order valence-corrected chi connectivity index (χ4v) is 6.39. The summed E-state index contributed by atoms with van der Waals surface area (Å²) in [7, 11) is 0. The molecule has 0 saturated heterocycles. The largest absolute Gasteiger partial charge is 0.508 e. The third kappa shape index (κ3) is 30.8. The minimum absolute atomic E-state index is 0.215. The molecule has 0 aromatic heterocycles. The van der Waals surface area contributed by atoms with E-state index in [-0.39, 0.29) is 25.1 Å². The van der Waals surface area contributed by atoms with Crippen LogP contribution in [0.5, 0.6) is 0 Å². The van der Waals surface area contributed by atoms with Gasteiger partial charge in [-0.25, -0.2) is 4.79 Å². The van der Waals surface area contributed by atoms with Crippen LogP contribution in [0.1, 0.15) is 196 Å². The predicted molar refractivity (Wildman–Crippen MR) is 212 cm³/mol. The fraction of sp³-hybridized carbons (Fsp3) is 0.953. The van der Waals surface area contributed by atoms with E-state index in [0.717, 1.165) is 71.0 Å². The smallest absolute Gasteiger partial charge is 0.466 e. The van der Waals surface area contributed by atoms with Gasteiger partial charge < -0.3 is 28.6 Å². The van der Waals surface area contributed by atoms with Gasteiger partial charge in [0.25, 0.3) is 0 Å². The number of hydrogen-bond donors (Lipinski definition) is 0. The van der Waals surface area contributed by atoms with Crippen LogP contribution in [0.2, 0.25) is 0 Å². The Morgan fingerprint density at radius 1 is 0.529 bits per heavy atom. The third-order valence-electron chi connectivity index (χ3n) is 10.3. The molecule has 0 aromatic rings. The predicted octanol–water partition coefficient (Wildman–Crippen LogP) is 12.1. The van der Waals surface area contributed by atoms with Crippen LogP contribution in [0.4, 0.5) is 4.79 Å². The number of carbonyl (C=O) groups is 2. The van der Waals surface area contributed by atoms with Crippen LogP contribution in [-0.2, 0) is 28.5 Å². The Kier molecular flexibility index (Phi) is 36.0. The zero-order chi connectivity index (χ0) is 37.8. The van der Waals surface area contributed by atoms with Crippen molar-refractivity contribution in [2.24, 2.45) is 11.8 Å². The van der Waals surface area contributed by atoms with Crippen LogP contribution >= 0.6 is 0 Å². The maximum absolute atomic E-state index is 12.9. The van der Waals surface area contributed by atoms with Crippen LogP contribution in [0.25, 0.3) is 0 Å². The standard InChI is InChI=1S/C43H85NO7/c1-8-15-18-19-20-21-22-23-24-25-29-40(51-43(46)48-34-26-33-44(13-6)14-7)32-35-47-41(45)30-31-42(49-36-38(11-4)27-16-9-2)50-37-39(12-5)28-17-10-3/h38-40,42H,8-37H2,1-7H3. The van der Waals surface area contributed by atoms with Crippen LogP contribution in [0.3, 0.4) is 0 Å². The van der Waals surface area contributed by atoms with Crippen molar-refractivity contribution < 1.29 is 33.3 Å². The van der Waals surface area contributed by atoms with E-state index in [4.69, 9.17) is 23.7 Å². The van der Waals surface area contributed by atoms with E-state index in [1.165, 1.54) is 77.0 Å². The molecule has 8 heteroatoms. The highest BCUT2D eigenvalue weighted by atomic mass is 16.7. The summed E-state index contributed by atoms with van der Waals surface area (Å²) in [6.07, 6.45) is 23.1. The van der Waals surface area contributed by atoms with Gasteiger partial charge in [-0.15, -0.1) is 0 Å². The Labute approximate surface area is 316 Å². The molecule has 0 rings (SSSR count). The van der Waals surface area contributed by atoms with Gasteiger partial charge in [0.2, 0.25) is 0 Å². The highest BCUT2D eigenvalue weighted by Crippen LogP contribution is 2.20. The minimum atomic E-state index is -0.622. The minimum Gasteiger partial charge on any atom is -0.466 e. The lowest BCUT2D eigenvalue weighted by molar-refractivity contribution is -0.168. The lowest BCUT2D eigenvalue weighted by Gasteiger charge is -2.24. The molecule has 0 radical (unpaired) electrons. The Morgan fingerprint density at radius 3 is 1.57 bits per heavy atom. The fourth-order valence-electron chi connectivity index (χ4n) is 6.39. The quantitative estimate of drug-likeness (QED) is 0.0353. The summed E-state index contributed by atoms with van der Waals surface area (Å²) in [6, 6.07) is 0. The first-order valence-corrected chi connectivity index (χ1v) is 21.8. The van der Waals surface area contributed by atoms with Gasteiger partial charge in [-0.05, 0) is 57.0 Å². The molecule has 0 fully saturated rings. The molecule has 3 unspecified atom stereocenters. The summed E-state index contributed by atoms with van der Waals surface area (Å²) in [5, 5.41) is 0. The number of carbonyl (C=O) groups excluding carboxylic acids is 2. The van der Waals surface area contributed by atoms with Crippen molar-refractivity contribution in [1.82, 2.24) is 4.90 Å². The molecule has 3 atom stereocenters. The second-order valence-electron chi connectivity index (χ2n) is 14.7. The van der Waals surface area contributed by atoms with Crippen LogP contribution < -0.4 is 0 Å². The normalized spacial score (nSPS) is 14.0. The van der Waals surface area contributed by atoms with Gasteiger partial charge in [0, 0.05) is 19.4 Å². The number of nitrogens with zero attached hydrogens (tertiary/aromatic N) is 1. The molecule has 51 heavy (non-hydrogen) atoms. The van der Waals surface area contributed by atoms with E-state index >= 15 is 0 Å². The molecule has 0 aliphatic rings. The van der Waals surface area contributed by atoms with Crippen LogP contribution in [0.15, 0.2) is 0 Å². The maximum atomic E-state index is 12.9. The average Bonchev–Trinajstić information content (AvgIpc) is 3.14. The molecule has 0 amide bonds. The molecule has 8 nitrogen and oxygen atoms in total. The van der Waals surface area contributed by atoms with E-state index in [1.807, 2.05) is 0 Å². The summed E-state index contributed by atoms with van der Waals surface area (Å²) in [5.74, 6) is 0.748. The molecule has 0 saturated carbocycles. The van der Waals surface area contributed by atoms with E-state index in [2.05, 4.69) is 53.4 Å². The van der Waals surface area contributed by atoms with E-state index in [1.54, 1.807) is 0 Å². The number of rotatable bonds is 38. The Hall–Kier alpha value is -1.38. The number of hydrogen-bond acceptors (Lipinski definition) is 8. The van der Waals surface area contributed by atoms with Crippen molar-refractivity contribution in [3.8, 4) is 0 Å². The van der Waals surface area contributed by atoms with Gasteiger partial charge in [-0.2, -0.15) is 0 Å². The molecular weight excluding hydrogens is 642 g/mol. The summed E-state index contributed by atoms with van der Waals surface area (Å²) in [5.41, 5.74) is 0. The van der Waals surface area contributed by atoms with Crippen molar-refractivity contribution >= 4 is 12.1 Å². The van der Waals surface area contributed by atoms with Gasteiger partial charge >= 0.3 is 12.1 Å². The zero-order valence-corrected chi connectivity index (χ0v) is 34.8. The Morgan fingerprint density at radius 2 is 1.06 bits per heavy atom. The van der Waals surface area contributed by atoms with Crippen molar-refractivity contribution in [1.29, 1.82) is 0 Å². The molecule has 0 N–H and O–H groups in total. The van der Waals surface area contributed by atoms with Crippen molar-refractivity contribution in [2.45, 2.75) is 209 Å². The summed E-state index contributed by atoms with van der Waals surface area (Å²) in [6.45, 7) is 20.1. The molecule has 0 heterocycles. The van der Waals surface area contributed by atoms with Gasteiger partial charge in [-0.3, -0.25) is 4.79 Å². The monoisotopic (exact) mass is 728 g/mol. The second kappa shape index (κ2) is 37.0. The van der Waals surface area contributed by atoms with Crippen LogP contribution in [0, 0.1) is 11.8 Å². The molecule has 0 aliphatic heterocycles. The number of unbranched alkanes of at least 4 members (excludes halogenated alkanes) is 11. The van der Waals surface area contributed by atoms with Gasteiger partial charge in [0.05, 0.1) is 32.8 Å². The number of esters is 1. The van der Waals surface area contributed by atoms with Gasteiger partial charge in [0.15, 0.2) is 6.29 Å². The van der Waals surface area contributed by atoms with E-state index < -0.39 is 12.4 Å². The van der Waals surface area contributed by atoms with Crippen LogP contribution in [-0.4, -0.2) is 75.5 Å². The Bertz CT molecular complexity index is 743. The first-order valence-electron chi connectivity index (χ1n) is 21.8. The highest BCUT2D eigenvalue weighted by molar-refractivity contribution is 5.69. The lowest BCUT2D eigenvalue weighted by atomic mass is 10.0. The molecular formula is C43H85NO7. The summed E-state index contributed by atoms with van der Waals surface area (Å²) >= 11 is 0. The molecule has 0 aromatic carbocycles. The zero-order valence-electron chi connectivity index (χ0n) is 34.8. The lowest BCUT2D eigenvalue weighted by Crippen LogP contribution is -2.26. The van der Waals surface area contributed by atoms with Gasteiger partial charge in [-0.1, -0.05) is 145 Å². The summed E-state index contributed by atoms with van der Waals surface area (Å²) in [4.78, 5) is 27.8. The van der Waals surface area contributed by atoms with Crippen molar-refractivity contribution in [2.75, 3.05) is 46.1 Å². The first kappa shape index (κ1) is 49.6. The molecule has 0 spiro atoms. The first-order chi connectivity index (χ1) is 24.9. The SMILES string of the molecule is CCCCCCCCCCCCC(CCOC(=O)CCC(OCC(CC)CCCC)OCC(CC)CCCC)OC(=O)OCCCN(CC)CC. The highest BCUT2D eigenvalue weighted by Gasteiger charge is 2.20.